The van der Waals surface area contributed by atoms with E-state index < -0.39 is 92.9 Å². The largest absolute Gasteiger partial charge is 0.444 e. The van der Waals surface area contributed by atoms with E-state index in [0.717, 1.165) is 23.4 Å². The zero-order valence-electron chi connectivity index (χ0n) is 25.9. The van der Waals surface area contributed by atoms with Crippen molar-refractivity contribution in [2.45, 2.75) is 87.4 Å². The number of ether oxygens (including phenoxy) is 1. The van der Waals surface area contributed by atoms with E-state index in [1.54, 1.807) is 0 Å². The van der Waals surface area contributed by atoms with Gasteiger partial charge in [0.25, 0.3) is 5.91 Å². The van der Waals surface area contributed by atoms with Gasteiger partial charge >= 0.3 is 16.3 Å². The Hall–Kier alpha value is -4.14. The summed E-state index contributed by atoms with van der Waals surface area (Å²) in [5.74, 6) is -7.15. The zero-order valence-corrected chi connectivity index (χ0v) is 26.8. The molecule has 3 amide bonds. The summed E-state index contributed by atoms with van der Waals surface area (Å²) >= 11 is 0. The molecule has 1 aromatic heterocycles. The number of hydrogen-bond acceptors (Lipinski definition) is 6. The molecule has 0 radical (unpaired) electrons. The Morgan fingerprint density at radius 2 is 1.69 bits per heavy atom. The van der Waals surface area contributed by atoms with E-state index in [-0.39, 0.29) is 43.5 Å². The molecule has 2 aromatic rings. The second-order valence-electron chi connectivity index (χ2n) is 12.9. The number of alkyl halides is 2. The van der Waals surface area contributed by atoms with Gasteiger partial charge in [-0.2, -0.15) is 5.26 Å². The van der Waals surface area contributed by atoms with E-state index in [1.807, 2.05) is 6.07 Å². The van der Waals surface area contributed by atoms with E-state index in [1.165, 1.54) is 20.8 Å². The van der Waals surface area contributed by atoms with Gasteiger partial charge in [0.2, 0.25) is 11.8 Å². The molecule has 0 bridgehead atoms. The number of pyridine rings is 1. The van der Waals surface area contributed by atoms with Crippen LogP contribution in [-0.4, -0.2) is 57.9 Å². The Morgan fingerprint density at radius 3 is 2.21 bits per heavy atom. The average Bonchev–Trinajstić information content (AvgIpc) is 3.40. The second-order valence-corrected chi connectivity index (χ2v) is 15.3. The molecule has 18 heteroatoms. The topological polar surface area (TPSA) is 116 Å². The summed E-state index contributed by atoms with van der Waals surface area (Å²) in [5.41, 5.74) is -1.93. The van der Waals surface area contributed by atoms with Gasteiger partial charge in [-0.1, -0.05) is 19.4 Å². The first-order chi connectivity index (χ1) is 21.9. The van der Waals surface area contributed by atoms with E-state index in [4.69, 9.17) is 4.74 Å². The fourth-order valence-corrected chi connectivity index (χ4v) is 6.22. The number of anilines is 1. The number of benzene rings is 1. The molecule has 9 nitrogen and oxygen atoms in total. The zero-order chi connectivity index (χ0) is 35.9. The van der Waals surface area contributed by atoms with Crippen molar-refractivity contribution in [1.29, 1.82) is 5.26 Å². The van der Waals surface area contributed by atoms with E-state index >= 15 is 0 Å². The summed E-state index contributed by atoms with van der Waals surface area (Å²) in [6, 6.07) is -0.600. The second kappa shape index (κ2) is 12.1. The molecule has 264 valence electrons. The lowest BCUT2D eigenvalue weighted by Gasteiger charge is -2.41. The summed E-state index contributed by atoms with van der Waals surface area (Å²) in [6.45, 7) is 4.29. The molecule has 3 atom stereocenters. The van der Waals surface area contributed by atoms with Gasteiger partial charge < -0.3 is 10.1 Å². The molecule has 2 heterocycles. The number of nitrogens with one attached hydrogen (secondary N) is 1. The van der Waals surface area contributed by atoms with Gasteiger partial charge in [-0.15, -0.1) is 0 Å². The van der Waals surface area contributed by atoms with E-state index in [0.29, 0.717) is 17.0 Å². The van der Waals surface area contributed by atoms with E-state index in [9.17, 15) is 52.2 Å². The Bertz CT molecular complexity index is 1600. The van der Waals surface area contributed by atoms with Crippen molar-refractivity contribution >= 4 is 33.8 Å². The smallest absolute Gasteiger partial charge is 0.411 e. The van der Waals surface area contributed by atoms with Crippen LogP contribution in [0.1, 0.15) is 64.5 Å². The van der Waals surface area contributed by atoms with E-state index in [2.05, 4.69) is 10.3 Å². The summed E-state index contributed by atoms with van der Waals surface area (Å²) in [6.07, 6.45) is -1.14. The van der Waals surface area contributed by atoms with Crippen molar-refractivity contribution in [2.75, 3.05) is 11.4 Å². The molecule has 2 fully saturated rings. The normalized spacial score (nSPS) is 22.1. The van der Waals surface area contributed by atoms with Gasteiger partial charge in [-0.25, -0.2) is 18.0 Å². The molecule has 1 unspecified atom stereocenters. The van der Waals surface area contributed by atoms with Crippen LogP contribution in [0.4, 0.5) is 43.1 Å². The highest BCUT2D eigenvalue weighted by Gasteiger charge is 2.65. The van der Waals surface area contributed by atoms with Crippen molar-refractivity contribution < 1.29 is 51.7 Å². The average molecular weight is 712 g/mol. The van der Waals surface area contributed by atoms with Gasteiger partial charge in [-0.3, -0.25) is 24.4 Å². The van der Waals surface area contributed by atoms with Crippen LogP contribution in [0.5, 0.6) is 0 Å². The Kier molecular flexibility index (Phi) is 9.23. The summed E-state index contributed by atoms with van der Waals surface area (Å²) in [7, 11) is -10.2. The first kappa shape index (κ1) is 36.7. The highest BCUT2D eigenvalue weighted by Crippen LogP contribution is 3.02. The van der Waals surface area contributed by atoms with Crippen LogP contribution in [0.2, 0.25) is 0 Å². The van der Waals surface area contributed by atoms with Gasteiger partial charge in [0.05, 0.1) is 18.2 Å². The quantitative estimate of drug-likeness (QED) is 0.293. The number of likely N-dealkylation sites (tertiary alicyclic amines) is 1. The monoisotopic (exact) mass is 711 g/mol. The van der Waals surface area contributed by atoms with Crippen LogP contribution in [-0.2, 0) is 14.3 Å². The number of nitriles is 1. The number of aromatic nitrogens is 1. The molecule has 0 spiro atoms. The standard InChI is InChI=1S/C30H33F8N5O4S/c1-29(2,3)47-28(46)42-17-18(14-39)12-24(42)27(45)43(22-4-6-23(7-5-22)48(34,35,36,37)38)25(19-13-20(31)16-40-15-19)26(44)41-21-8-10-30(32,33)11-9-21/h4-7,13,15-16,18,21,24-25H,8-12,17H2,1-3H3,(H,41,44)/t18-,24-,25?/m1/s1. The van der Waals surface area contributed by atoms with Gasteiger partial charge in [0, 0.05) is 42.9 Å². The molecule has 1 aliphatic carbocycles. The molecule has 48 heavy (non-hydrogen) atoms. The Morgan fingerprint density at radius 1 is 1.08 bits per heavy atom. The van der Waals surface area contributed by atoms with Crippen LogP contribution >= 0.6 is 10.2 Å². The van der Waals surface area contributed by atoms with Crippen molar-refractivity contribution in [3.8, 4) is 6.07 Å². The lowest BCUT2D eigenvalue weighted by Crippen LogP contribution is -2.54. The van der Waals surface area contributed by atoms with Crippen LogP contribution < -0.4 is 10.2 Å². The van der Waals surface area contributed by atoms with Crippen LogP contribution in [0.3, 0.4) is 0 Å². The molecule has 1 saturated heterocycles. The SMILES string of the molecule is CC(C)(C)OC(=O)N1C[C@@H](C#N)C[C@@H]1C(=O)N(c1ccc(S(F)(F)(F)(F)F)cc1)C(C(=O)NC1CCC(F)(F)CC1)c1cncc(F)c1. The predicted octanol–water partition coefficient (Wildman–Crippen LogP) is 7.80. The number of carbonyl (C=O) groups excluding carboxylic acids is 3. The highest BCUT2D eigenvalue weighted by atomic mass is 32.5. The van der Waals surface area contributed by atoms with Gasteiger partial charge in [0.1, 0.15) is 28.4 Å². The lowest BCUT2D eigenvalue weighted by molar-refractivity contribution is -0.129. The molecule has 1 aliphatic heterocycles. The summed E-state index contributed by atoms with van der Waals surface area (Å²) in [4.78, 5) is 44.5. The first-order valence-corrected chi connectivity index (χ1v) is 16.7. The van der Waals surface area contributed by atoms with Crippen LogP contribution in [0.25, 0.3) is 0 Å². The van der Waals surface area contributed by atoms with Crippen molar-refractivity contribution in [1.82, 2.24) is 15.2 Å². The molecule has 4 rings (SSSR count). The third-order valence-corrected chi connectivity index (χ3v) is 8.97. The fraction of sp³-hybridized carbons (Fsp3) is 0.500. The van der Waals surface area contributed by atoms with Crippen molar-refractivity contribution in [2.24, 2.45) is 5.92 Å². The molecule has 1 saturated carbocycles. The molecule has 1 aromatic carbocycles. The molecule has 1 N–H and O–H groups in total. The fourth-order valence-electron chi connectivity index (χ4n) is 5.57. The molecule has 2 aliphatic rings. The third kappa shape index (κ3) is 8.85. The van der Waals surface area contributed by atoms with Crippen LogP contribution in [0, 0.1) is 23.1 Å². The number of halogens is 8. The minimum absolute atomic E-state index is 0.0115. The number of amides is 3. The highest BCUT2D eigenvalue weighted by molar-refractivity contribution is 8.45. The lowest BCUT2D eigenvalue weighted by atomic mass is 9.91. The Balaban J connectivity index is 1.86. The first-order valence-electron chi connectivity index (χ1n) is 14.7. The number of hydrogen-bond donors (Lipinski definition) is 1. The van der Waals surface area contributed by atoms with Gasteiger partial charge in [-0.05, 0) is 70.4 Å². The maximum Gasteiger partial charge on any atom is 0.411 e. The van der Waals surface area contributed by atoms with Crippen molar-refractivity contribution in [3.05, 3.63) is 54.1 Å². The Labute approximate surface area is 270 Å². The predicted molar refractivity (Wildman–Crippen MR) is 158 cm³/mol. The minimum atomic E-state index is -10.2. The third-order valence-electron chi connectivity index (χ3n) is 7.81. The summed E-state index contributed by atoms with van der Waals surface area (Å²) < 4.78 is 116. The van der Waals surface area contributed by atoms with Gasteiger partial charge in [0.15, 0.2) is 0 Å². The maximum atomic E-state index is 14.5. The maximum absolute atomic E-state index is 14.5. The molecular formula is C30H33F8N5O4S. The minimum Gasteiger partial charge on any atom is -0.444 e. The van der Waals surface area contributed by atoms with Crippen molar-refractivity contribution in [3.63, 3.8) is 0 Å². The summed E-state index contributed by atoms with van der Waals surface area (Å²) in [5, 5.41) is 12.2. The number of carbonyl (C=O) groups is 3. The number of rotatable bonds is 7. The number of nitrogens with zero attached hydrogens (tertiary/aromatic N) is 4. The molecular weight excluding hydrogens is 678 g/mol. The van der Waals surface area contributed by atoms with Crippen LogP contribution in [0.15, 0.2) is 47.6 Å².